The lowest BCUT2D eigenvalue weighted by Crippen LogP contribution is -2.48. The second-order valence-electron chi connectivity index (χ2n) is 5.35. The van der Waals surface area contributed by atoms with Crippen LogP contribution >= 0.6 is 0 Å². The van der Waals surface area contributed by atoms with E-state index in [4.69, 9.17) is 14.2 Å². The van der Waals surface area contributed by atoms with Gasteiger partial charge in [-0.15, -0.1) is 0 Å². The third kappa shape index (κ3) is 3.36. The number of carbonyl (C=O) groups excluding carboxylic acids is 1. The van der Waals surface area contributed by atoms with Gasteiger partial charge >= 0.3 is 0 Å². The van der Waals surface area contributed by atoms with E-state index in [0.29, 0.717) is 36.3 Å². The van der Waals surface area contributed by atoms with E-state index >= 15 is 0 Å². The zero-order chi connectivity index (χ0) is 15.4. The minimum absolute atomic E-state index is 0.0883. The highest BCUT2D eigenvalue weighted by atomic mass is 16.5. The fourth-order valence-electron chi connectivity index (χ4n) is 2.55. The summed E-state index contributed by atoms with van der Waals surface area (Å²) in [4.78, 5) is 15.1. The lowest BCUT2D eigenvalue weighted by atomic mass is 10.0. The van der Waals surface area contributed by atoms with Crippen molar-refractivity contribution < 1.29 is 19.0 Å². The number of hydrogen-bond donors (Lipinski definition) is 0. The molecule has 1 aromatic rings. The second-order valence-corrected chi connectivity index (χ2v) is 5.35. The van der Waals surface area contributed by atoms with Crippen LogP contribution in [0.15, 0.2) is 18.2 Å². The molecule has 5 heteroatoms. The van der Waals surface area contributed by atoms with Crippen molar-refractivity contribution in [2.75, 3.05) is 33.9 Å². The molecule has 5 nitrogen and oxygen atoms in total. The Kier molecular flexibility index (Phi) is 5.20. The normalized spacial score (nSPS) is 19.6. The lowest BCUT2D eigenvalue weighted by Gasteiger charge is -2.35. The average Bonchev–Trinajstić information content (AvgIpc) is 2.53. The van der Waals surface area contributed by atoms with Gasteiger partial charge in [-0.1, -0.05) is 6.07 Å². The maximum atomic E-state index is 12.8. The molecule has 0 N–H and O–H groups in total. The first-order valence-corrected chi connectivity index (χ1v) is 7.19. The molecule has 0 amide bonds. The molecule has 1 saturated heterocycles. The van der Waals surface area contributed by atoms with Crippen molar-refractivity contribution in [2.24, 2.45) is 0 Å². The fourth-order valence-corrected chi connectivity index (χ4v) is 2.55. The monoisotopic (exact) mass is 293 g/mol. The van der Waals surface area contributed by atoms with Crippen molar-refractivity contribution >= 4 is 5.78 Å². The SMILES string of the molecule is COc1cccc(OC)c1C(=O)C1CN(C(C)C)CCO1. The Bertz CT molecular complexity index is 479. The highest BCUT2D eigenvalue weighted by Crippen LogP contribution is 2.30. The van der Waals surface area contributed by atoms with Crippen LogP contribution in [0, 0.1) is 0 Å². The summed E-state index contributed by atoms with van der Waals surface area (Å²) in [6, 6.07) is 5.72. The number of methoxy groups -OCH3 is 2. The summed E-state index contributed by atoms with van der Waals surface area (Å²) in [6.45, 7) is 6.25. The summed E-state index contributed by atoms with van der Waals surface area (Å²) in [6.07, 6.45) is -0.480. The molecule has 1 atom stereocenters. The first kappa shape index (κ1) is 15.8. The van der Waals surface area contributed by atoms with E-state index in [-0.39, 0.29) is 5.78 Å². The van der Waals surface area contributed by atoms with Gasteiger partial charge in [0.2, 0.25) is 0 Å². The Labute approximate surface area is 125 Å². The van der Waals surface area contributed by atoms with Crippen molar-refractivity contribution in [2.45, 2.75) is 26.0 Å². The summed E-state index contributed by atoms with van der Waals surface area (Å²) < 4.78 is 16.3. The second kappa shape index (κ2) is 6.91. The van der Waals surface area contributed by atoms with Crippen molar-refractivity contribution in [3.8, 4) is 11.5 Å². The number of morpholine rings is 1. The van der Waals surface area contributed by atoms with E-state index in [9.17, 15) is 4.79 Å². The molecule has 0 spiro atoms. The molecular formula is C16H23NO4. The summed E-state index contributed by atoms with van der Waals surface area (Å²) in [5, 5.41) is 0. The maximum Gasteiger partial charge on any atom is 0.200 e. The zero-order valence-corrected chi connectivity index (χ0v) is 13.1. The van der Waals surface area contributed by atoms with Gasteiger partial charge in [0, 0.05) is 19.1 Å². The largest absolute Gasteiger partial charge is 0.496 e. The first-order chi connectivity index (χ1) is 10.1. The number of Topliss-reactive ketones (excluding diaryl/α,β-unsaturated/α-hetero) is 1. The fraction of sp³-hybridized carbons (Fsp3) is 0.562. The third-order valence-electron chi connectivity index (χ3n) is 3.79. The molecule has 1 heterocycles. The highest BCUT2D eigenvalue weighted by Gasteiger charge is 2.32. The number of benzene rings is 1. The van der Waals surface area contributed by atoms with Gasteiger partial charge in [0.25, 0.3) is 0 Å². The standard InChI is InChI=1S/C16H23NO4/c1-11(2)17-8-9-21-14(10-17)16(18)15-12(19-3)6-5-7-13(15)20-4/h5-7,11,14H,8-10H2,1-4H3. The minimum atomic E-state index is -0.480. The summed E-state index contributed by atoms with van der Waals surface area (Å²) in [7, 11) is 3.10. The molecule has 21 heavy (non-hydrogen) atoms. The Morgan fingerprint density at radius 1 is 1.29 bits per heavy atom. The molecule has 116 valence electrons. The van der Waals surface area contributed by atoms with E-state index in [1.807, 2.05) is 0 Å². The number of ketones is 1. The summed E-state index contributed by atoms with van der Waals surface area (Å²) in [5.41, 5.74) is 0.457. The smallest absolute Gasteiger partial charge is 0.200 e. The highest BCUT2D eigenvalue weighted by molar-refractivity contribution is 6.04. The van der Waals surface area contributed by atoms with Gasteiger partial charge in [-0.25, -0.2) is 0 Å². The zero-order valence-electron chi connectivity index (χ0n) is 13.1. The van der Waals surface area contributed by atoms with Crippen LogP contribution in [0.25, 0.3) is 0 Å². The van der Waals surface area contributed by atoms with Crippen LogP contribution in [0.5, 0.6) is 11.5 Å². The van der Waals surface area contributed by atoms with E-state index < -0.39 is 6.10 Å². The van der Waals surface area contributed by atoms with Gasteiger partial charge in [0.05, 0.1) is 20.8 Å². The number of rotatable bonds is 5. The van der Waals surface area contributed by atoms with Gasteiger partial charge in [-0.2, -0.15) is 0 Å². The van der Waals surface area contributed by atoms with Crippen molar-refractivity contribution in [3.05, 3.63) is 23.8 Å². The molecule has 0 bridgehead atoms. The topological polar surface area (TPSA) is 48.0 Å². The predicted molar refractivity (Wildman–Crippen MR) is 80.3 cm³/mol. The Balaban J connectivity index is 2.27. The molecule has 2 rings (SSSR count). The van der Waals surface area contributed by atoms with Crippen LogP contribution in [-0.4, -0.2) is 56.7 Å². The van der Waals surface area contributed by atoms with Crippen LogP contribution in [0.3, 0.4) is 0 Å². The molecule has 0 aliphatic carbocycles. The third-order valence-corrected chi connectivity index (χ3v) is 3.79. The molecule has 1 fully saturated rings. The van der Waals surface area contributed by atoms with Gasteiger partial charge < -0.3 is 14.2 Å². The maximum absolute atomic E-state index is 12.8. The van der Waals surface area contributed by atoms with Crippen LogP contribution in [0.1, 0.15) is 24.2 Å². The van der Waals surface area contributed by atoms with Crippen LogP contribution < -0.4 is 9.47 Å². The van der Waals surface area contributed by atoms with Crippen molar-refractivity contribution in [1.29, 1.82) is 0 Å². The van der Waals surface area contributed by atoms with E-state index in [1.165, 1.54) is 0 Å². The quantitative estimate of drug-likeness (QED) is 0.777. The molecule has 1 unspecified atom stereocenters. The molecule has 0 radical (unpaired) electrons. The molecule has 1 aliphatic rings. The van der Waals surface area contributed by atoms with E-state index in [0.717, 1.165) is 6.54 Å². The van der Waals surface area contributed by atoms with Gasteiger partial charge in [0.1, 0.15) is 23.2 Å². The molecule has 0 saturated carbocycles. The lowest BCUT2D eigenvalue weighted by molar-refractivity contribution is -0.0258. The molecular weight excluding hydrogens is 270 g/mol. The molecule has 0 aromatic heterocycles. The number of hydrogen-bond acceptors (Lipinski definition) is 5. The Morgan fingerprint density at radius 3 is 2.43 bits per heavy atom. The molecule has 1 aliphatic heterocycles. The van der Waals surface area contributed by atoms with Crippen LogP contribution in [-0.2, 0) is 4.74 Å². The average molecular weight is 293 g/mol. The van der Waals surface area contributed by atoms with Crippen molar-refractivity contribution in [3.63, 3.8) is 0 Å². The Morgan fingerprint density at radius 2 is 1.90 bits per heavy atom. The molecule has 1 aromatic carbocycles. The first-order valence-electron chi connectivity index (χ1n) is 7.19. The van der Waals surface area contributed by atoms with Crippen LogP contribution in [0.2, 0.25) is 0 Å². The van der Waals surface area contributed by atoms with Gasteiger partial charge in [0.15, 0.2) is 5.78 Å². The number of nitrogens with zero attached hydrogens (tertiary/aromatic N) is 1. The van der Waals surface area contributed by atoms with Crippen molar-refractivity contribution in [1.82, 2.24) is 4.90 Å². The predicted octanol–water partition coefficient (Wildman–Crippen LogP) is 2.00. The number of ether oxygens (including phenoxy) is 3. The van der Waals surface area contributed by atoms with Crippen LogP contribution in [0.4, 0.5) is 0 Å². The number of carbonyl (C=O) groups is 1. The van der Waals surface area contributed by atoms with E-state index in [2.05, 4.69) is 18.7 Å². The Hall–Kier alpha value is -1.59. The van der Waals surface area contributed by atoms with Gasteiger partial charge in [-0.05, 0) is 26.0 Å². The minimum Gasteiger partial charge on any atom is -0.496 e. The summed E-state index contributed by atoms with van der Waals surface area (Å²) in [5.74, 6) is 0.948. The summed E-state index contributed by atoms with van der Waals surface area (Å²) >= 11 is 0. The van der Waals surface area contributed by atoms with E-state index in [1.54, 1.807) is 32.4 Å². The van der Waals surface area contributed by atoms with Gasteiger partial charge in [-0.3, -0.25) is 9.69 Å².